The molecular weight excluding hydrogens is 400 g/mol. The van der Waals surface area contributed by atoms with Crippen LogP contribution in [-0.4, -0.2) is 67.7 Å². The van der Waals surface area contributed by atoms with E-state index in [4.69, 9.17) is 4.74 Å². The molecule has 0 amide bonds. The second-order valence-electron chi connectivity index (χ2n) is 7.48. The Labute approximate surface area is 180 Å². The highest BCUT2D eigenvalue weighted by atomic mass is 16.6. The van der Waals surface area contributed by atoms with Gasteiger partial charge in [0.15, 0.2) is 5.82 Å². The fraction of sp³-hybridized carbons (Fsp3) is 0.450. The Morgan fingerprint density at radius 2 is 1.94 bits per heavy atom. The summed E-state index contributed by atoms with van der Waals surface area (Å²) in [5.41, 5.74) is 2.02. The first-order valence-corrected chi connectivity index (χ1v) is 10.2. The molecule has 164 valence electrons. The summed E-state index contributed by atoms with van der Waals surface area (Å²) in [5, 5.41) is 19.6. The fourth-order valence-corrected chi connectivity index (χ4v) is 3.87. The summed E-state index contributed by atoms with van der Waals surface area (Å²) in [6, 6.07) is 8.09. The van der Waals surface area contributed by atoms with Crippen LogP contribution in [0.15, 0.2) is 36.7 Å². The highest BCUT2D eigenvalue weighted by Crippen LogP contribution is 2.28. The number of imidazole rings is 1. The van der Waals surface area contributed by atoms with E-state index in [9.17, 15) is 10.1 Å². The van der Waals surface area contributed by atoms with E-state index >= 15 is 0 Å². The number of ether oxygens (including phenoxy) is 1. The molecule has 0 radical (unpaired) electrons. The molecule has 0 aliphatic carbocycles. The molecule has 1 saturated heterocycles. The Morgan fingerprint density at radius 3 is 2.68 bits per heavy atom. The maximum atomic E-state index is 11.1. The lowest BCUT2D eigenvalue weighted by molar-refractivity contribution is -0.392. The van der Waals surface area contributed by atoms with Gasteiger partial charge in [-0.15, -0.1) is 5.10 Å². The first kappa shape index (κ1) is 20.8. The largest absolute Gasteiger partial charge is 0.495 e. The summed E-state index contributed by atoms with van der Waals surface area (Å²) in [5.74, 6) is 1.50. The van der Waals surface area contributed by atoms with Gasteiger partial charge in [-0.3, -0.25) is 4.90 Å². The van der Waals surface area contributed by atoms with Crippen molar-refractivity contribution in [1.82, 2.24) is 29.4 Å². The van der Waals surface area contributed by atoms with Crippen LogP contribution in [0.25, 0.3) is 0 Å². The van der Waals surface area contributed by atoms with Crippen molar-refractivity contribution in [3.63, 3.8) is 0 Å². The van der Waals surface area contributed by atoms with Crippen molar-refractivity contribution >= 4 is 11.5 Å². The molecule has 0 bridgehead atoms. The highest BCUT2D eigenvalue weighted by molar-refractivity contribution is 5.58. The number of hydrogen-bond acceptors (Lipinski definition) is 8. The number of para-hydroxylation sites is 2. The maximum Gasteiger partial charge on any atom is 0.342 e. The number of benzene rings is 1. The zero-order valence-electron chi connectivity index (χ0n) is 17.7. The van der Waals surface area contributed by atoms with E-state index in [1.807, 2.05) is 24.4 Å². The van der Waals surface area contributed by atoms with E-state index in [0.29, 0.717) is 18.9 Å². The minimum absolute atomic E-state index is 0.00856. The van der Waals surface area contributed by atoms with Crippen LogP contribution in [-0.2, 0) is 19.6 Å². The molecule has 1 aliphatic heterocycles. The summed E-state index contributed by atoms with van der Waals surface area (Å²) in [6.45, 7) is 7.07. The maximum absolute atomic E-state index is 11.1. The molecule has 1 aliphatic rings. The molecule has 4 rings (SSSR count). The van der Waals surface area contributed by atoms with Crippen LogP contribution in [0.5, 0.6) is 5.75 Å². The predicted molar refractivity (Wildman–Crippen MR) is 114 cm³/mol. The number of rotatable bonds is 8. The molecule has 11 heteroatoms. The van der Waals surface area contributed by atoms with E-state index in [1.54, 1.807) is 23.3 Å². The Kier molecular flexibility index (Phi) is 6.12. The molecule has 2 aromatic heterocycles. The van der Waals surface area contributed by atoms with Crippen LogP contribution in [0, 0.1) is 17.0 Å². The molecular formula is C20H26N8O3. The number of methoxy groups -OCH3 is 1. The summed E-state index contributed by atoms with van der Waals surface area (Å²) < 4.78 is 8.79. The van der Waals surface area contributed by atoms with Gasteiger partial charge in [0.2, 0.25) is 0 Å². The van der Waals surface area contributed by atoms with E-state index in [-0.39, 0.29) is 5.82 Å². The average Bonchev–Trinajstić information content (AvgIpc) is 3.38. The third-order valence-electron chi connectivity index (χ3n) is 5.54. The van der Waals surface area contributed by atoms with Crippen LogP contribution in [0.2, 0.25) is 0 Å². The van der Waals surface area contributed by atoms with Gasteiger partial charge in [0, 0.05) is 45.8 Å². The van der Waals surface area contributed by atoms with Crippen molar-refractivity contribution in [2.24, 2.45) is 0 Å². The van der Waals surface area contributed by atoms with Gasteiger partial charge >= 0.3 is 5.82 Å². The SMILES string of the molecule is COc1ccccc1N1CCN(Cc2cn(CCn3c([N+](=O)[O-])cnc3C)nn2)CC1. The molecule has 0 atom stereocenters. The number of aromatic nitrogens is 5. The molecule has 11 nitrogen and oxygen atoms in total. The molecule has 0 saturated carbocycles. The van der Waals surface area contributed by atoms with Crippen molar-refractivity contribution in [1.29, 1.82) is 0 Å². The Bertz CT molecular complexity index is 1040. The molecule has 0 spiro atoms. The van der Waals surface area contributed by atoms with Crippen molar-refractivity contribution in [3.05, 3.63) is 58.3 Å². The van der Waals surface area contributed by atoms with Crippen molar-refractivity contribution < 1.29 is 9.66 Å². The van der Waals surface area contributed by atoms with Crippen molar-refractivity contribution in [3.8, 4) is 5.75 Å². The topological polar surface area (TPSA) is 107 Å². The van der Waals surface area contributed by atoms with Crippen LogP contribution in [0.4, 0.5) is 11.5 Å². The zero-order chi connectivity index (χ0) is 21.8. The lowest BCUT2D eigenvalue weighted by Gasteiger charge is -2.36. The van der Waals surface area contributed by atoms with Crippen LogP contribution < -0.4 is 9.64 Å². The van der Waals surface area contributed by atoms with Gasteiger partial charge in [-0.25, -0.2) is 14.2 Å². The number of piperazine rings is 1. The quantitative estimate of drug-likeness (QED) is 0.396. The third kappa shape index (κ3) is 4.66. The summed E-state index contributed by atoms with van der Waals surface area (Å²) >= 11 is 0. The fourth-order valence-electron chi connectivity index (χ4n) is 3.87. The van der Waals surface area contributed by atoms with E-state index in [0.717, 1.165) is 49.9 Å². The second kappa shape index (κ2) is 9.13. The van der Waals surface area contributed by atoms with E-state index < -0.39 is 4.92 Å². The summed E-state index contributed by atoms with van der Waals surface area (Å²) in [7, 11) is 1.70. The number of anilines is 1. The van der Waals surface area contributed by atoms with Crippen LogP contribution in [0.1, 0.15) is 11.5 Å². The molecule has 1 fully saturated rings. The highest BCUT2D eigenvalue weighted by Gasteiger charge is 2.21. The van der Waals surface area contributed by atoms with Gasteiger partial charge in [-0.05, 0) is 17.1 Å². The first-order valence-electron chi connectivity index (χ1n) is 10.2. The standard InChI is InChI=1S/C20H26N8O3/c1-16-21-13-20(28(29)30)27(16)12-11-26-15-17(22-23-26)14-24-7-9-25(10-8-24)18-5-3-4-6-19(18)31-2/h3-6,13,15H,7-12,14H2,1-2H3. The smallest absolute Gasteiger partial charge is 0.342 e. The predicted octanol–water partition coefficient (Wildman–Crippen LogP) is 1.72. The molecule has 3 aromatic rings. The van der Waals surface area contributed by atoms with Crippen molar-refractivity contribution in [2.45, 2.75) is 26.6 Å². The number of hydrogen-bond donors (Lipinski definition) is 0. The molecule has 31 heavy (non-hydrogen) atoms. The average molecular weight is 426 g/mol. The number of nitro groups is 1. The van der Waals surface area contributed by atoms with Gasteiger partial charge in [0.25, 0.3) is 0 Å². The molecule has 0 N–H and O–H groups in total. The van der Waals surface area contributed by atoms with Gasteiger partial charge in [0.1, 0.15) is 18.5 Å². The molecule has 0 unspecified atom stereocenters. The molecule has 3 heterocycles. The van der Waals surface area contributed by atoms with Gasteiger partial charge in [0.05, 0.1) is 25.0 Å². The Balaban J connectivity index is 1.30. The molecule has 1 aromatic carbocycles. The number of aryl methyl sites for hydroxylation is 2. The Morgan fingerprint density at radius 1 is 1.16 bits per heavy atom. The minimum atomic E-state index is -0.419. The van der Waals surface area contributed by atoms with Crippen LogP contribution >= 0.6 is 0 Å². The minimum Gasteiger partial charge on any atom is -0.495 e. The summed E-state index contributed by atoms with van der Waals surface area (Å²) in [4.78, 5) is 19.4. The van der Waals surface area contributed by atoms with Gasteiger partial charge in [-0.1, -0.05) is 17.3 Å². The zero-order valence-corrected chi connectivity index (χ0v) is 17.7. The van der Waals surface area contributed by atoms with Crippen molar-refractivity contribution in [2.75, 3.05) is 38.2 Å². The first-order chi connectivity index (χ1) is 15.0. The monoisotopic (exact) mass is 426 g/mol. The van der Waals surface area contributed by atoms with Gasteiger partial charge in [-0.2, -0.15) is 0 Å². The van der Waals surface area contributed by atoms with Gasteiger partial charge < -0.3 is 19.8 Å². The van der Waals surface area contributed by atoms with Crippen LogP contribution in [0.3, 0.4) is 0 Å². The Hall–Kier alpha value is -3.47. The lowest BCUT2D eigenvalue weighted by Crippen LogP contribution is -2.46. The van der Waals surface area contributed by atoms with E-state index in [2.05, 4.69) is 31.2 Å². The third-order valence-corrected chi connectivity index (χ3v) is 5.54. The van der Waals surface area contributed by atoms with E-state index in [1.165, 1.54) is 6.20 Å². The second-order valence-corrected chi connectivity index (χ2v) is 7.48. The normalized spacial score (nSPS) is 14.7. The lowest BCUT2D eigenvalue weighted by atomic mass is 10.2. The number of nitrogens with zero attached hydrogens (tertiary/aromatic N) is 8. The summed E-state index contributed by atoms with van der Waals surface area (Å²) in [6.07, 6.45) is 3.19.